The molecule has 1 aromatic rings. The second-order valence-electron chi connectivity index (χ2n) is 2.53. The van der Waals surface area contributed by atoms with Gasteiger partial charge in [-0.2, -0.15) is 5.26 Å². The van der Waals surface area contributed by atoms with Gasteiger partial charge in [-0.3, -0.25) is 0 Å². The fourth-order valence-corrected chi connectivity index (χ4v) is 2.06. The third kappa shape index (κ3) is 1.56. The number of esters is 1. The van der Waals surface area contributed by atoms with E-state index in [0.717, 1.165) is 11.3 Å². The molecule has 0 aliphatic carbocycles. The highest BCUT2D eigenvalue weighted by molar-refractivity contribution is 7.14. The summed E-state index contributed by atoms with van der Waals surface area (Å²) in [6.45, 7) is 1.85. The molecule has 0 fully saturated rings. The van der Waals surface area contributed by atoms with Gasteiger partial charge in [0.1, 0.15) is 11.6 Å². The molecule has 1 heterocycles. The van der Waals surface area contributed by atoms with Crippen molar-refractivity contribution in [3.05, 3.63) is 15.3 Å². The fraction of sp³-hybridized carbons (Fsp3) is 0.333. The summed E-state index contributed by atoms with van der Waals surface area (Å²) in [7, 11) is 1.24. The Morgan fingerprint density at radius 3 is 2.71 bits per heavy atom. The van der Waals surface area contributed by atoms with Crippen LogP contribution in [-0.2, 0) is 11.2 Å². The smallest absolute Gasteiger partial charge is 0.351 e. The van der Waals surface area contributed by atoms with Crippen LogP contribution in [0, 0.1) is 11.3 Å². The number of carbonyl (C=O) groups is 1. The molecule has 0 aromatic carbocycles. The fourth-order valence-electron chi connectivity index (χ4n) is 1.06. The molecule has 1 rings (SSSR count). The van der Waals surface area contributed by atoms with Gasteiger partial charge in [0.05, 0.1) is 7.11 Å². The molecule has 0 aliphatic rings. The summed E-state index contributed by atoms with van der Waals surface area (Å²) in [5.74, 6) is -0.870. The first-order valence-electron chi connectivity index (χ1n) is 3.98. The minimum atomic E-state index is -0.608. The van der Waals surface area contributed by atoms with Crippen molar-refractivity contribution < 1.29 is 14.6 Å². The summed E-state index contributed by atoms with van der Waals surface area (Å²) in [6.07, 6.45) is 0.609. The van der Waals surface area contributed by atoms with Gasteiger partial charge in [-0.15, -0.1) is 11.3 Å². The monoisotopic (exact) mass is 211 g/mol. The van der Waals surface area contributed by atoms with Crippen LogP contribution in [0.2, 0.25) is 0 Å². The molecule has 0 radical (unpaired) electrons. The second-order valence-corrected chi connectivity index (χ2v) is 3.64. The molecule has 14 heavy (non-hydrogen) atoms. The van der Waals surface area contributed by atoms with Crippen LogP contribution in [-0.4, -0.2) is 18.2 Å². The summed E-state index contributed by atoms with van der Waals surface area (Å²) in [4.78, 5) is 11.9. The van der Waals surface area contributed by atoms with E-state index in [1.807, 2.05) is 13.0 Å². The maximum atomic E-state index is 11.2. The molecule has 0 amide bonds. The first-order chi connectivity index (χ1) is 6.65. The van der Waals surface area contributed by atoms with Crippen molar-refractivity contribution in [3.8, 4) is 11.8 Å². The predicted molar refractivity (Wildman–Crippen MR) is 51.4 cm³/mol. The zero-order valence-corrected chi connectivity index (χ0v) is 8.64. The normalized spacial score (nSPS) is 9.50. The van der Waals surface area contributed by atoms with E-state index in [0.29, 0.717) is 11.3 Å². The third-order valence-corrected chi connectivity index (χ3v) is 3.06. The number of rotatable bonds is 2. The zero-order chi connectivity index (χ0) is 10.7. The molecule has 0 aliphatic heterocycles. The molecule has 1 N–H and O–H groups in total. The van der Waals surface area contributed by atoms with E-state index in [-0.39, 0.29) is 16.2 Å². The van der Waals surface area contributed by atoms with Gasteiger partial charge in [0, 0.05) is 4.88 Å². The van der Waals surface area contributed by atoms with E-state index in [1.165, 1.54) is 7.11 Å². The number of thiophene rings is 1. The van der Waals surface area contributed by atoms with Gasteiger partial charge < -0.3 is 9.84 Å². The maximum Gasteiger partial charge on any atom is 0.351 e. The van der Waals surface area contributed by atoms with E-state index in [1.54, 1.807) is 0 Å². The Hall–Kier alpha value is -1.54. The van der Waals surface area contributed by atoms with Crippen LogP contribution in [0.25, 0.3) is 0 Å². The van der Waals surface area contributed by atoms with Crippen molar-refractivity contribution in [1.82, 2.24) is 0 Å². The Bertz CT molecular complexity index is 403. The Morgan fingerprint density at radius 2 is 2.36 bits per heavy atom. The van der Waals surface area contributed by atoms with Crippen LogP contribution in [0.5, 0.6) is 5.75 Å². The summed E-state index contributed by atoms with van der Waals surface area (Å²) in [5, 5.41) is 18.3. The molecule has 4 nitrogen and oxygen atoms in total. The van der Waals surface area contributed by atoms with Gasteiger partial charge in [0.2, 0.25) is 0 Å². The van der Waals surface area contributed by atoms with Gasteiger partial charge in [-0.25, -0.2) is 4.79 Å². The number of ether oxygens (including phenoxy) is 1. The molecule has 0 atom stereocenters. The van der Waals surface area contributed by atoms with E-state index in [4.69, 9.17) is 5.26 Å². The maximum absolute atomic E-state index is 11.2. The van der Waals surface area contributed by atoms with Crippen LogP contribution >= 0.6 is 11.3 Å². The van der Waals surface area contributed by atoms with E-state index >= 15 is 0 Å². The first-order valence-corrected chi connectivity index (χ1v) is 4.80. The number of carbonyl (C=O) groups excluding carboxylic acids is 1. The highest BCUT2D eigenvalue weighted by atomic mass is 32.1. The van der Waals surface area contributed by atoms with E-state index < -0.39 is 5.97 Å². The van der Waals surface area contributed by atoms with Gasteiger partial charge in [0.15, 0.2) is 10.6 Å². The number of hydrogen-bond acceptors (Lipinski definition) is 5. The molecular formula is C9H9NO3S. The van der Waals surface area contributed by atoms with E-state index in [9.17, 15) is 9.90 Å². The number of hydrogen-bond donors (Lipinski definition) is 1. The minimum Gasteiger partial charge on any atom is -0.505 e. The SMILES string of the molecule is CCc1sc(C(=O)OC)c(O)c1C#N. The van der Waals surface area contributed by atoms with Crippen LogP contribution < -0.4 is 0 Å². The van der Waals surface area contributed by atoms with Crippen molar-refractivity contribution in [2.75, 3.05) is 7.11 Å². The number of aromatic hydroxyl groups is 1. The van der Waals surface area contributed by atoms with Gasteiger partial charge in [-0.05, 0) is 6.42 Å². The molecule has 0 saturated carbocycles. The molecular weight excluding hydrogens is 202 g/mol. The van der Waals surface area contributed by atoms with Crippen molar-refractivity contribution in [2.24, 2.45) is 0 Å². The molecule has 0 unspecified atom stereocenters. The van der Waals surface area contributed by atoms with Crippen LogP contribution in [0.3, 0.4) is 0 Å². The zero-order valence-electron chi connectivity index (χ0n) is 7.83. The Balaban J connectivity index is 3.29. The van der Waals surface area contributed by atoms with Crippen molar-refractivity contribution >= 4 is 17.3 Å². The number of nitrogens with zero attached hydrogens (tertiary/aromatic N) is 1. The quantitative estimate of drug-likeness (QED) is 0.755. The topological polar surface area (TPSA) is 70.3 Å². The lowest BCUT2D eigenvalue weighted by molar-refractivity contribution is 0.0603. The van der Waals surface area contributed by atoms with E-state index in [2.05, 4.69) is 4.74 Å². The molecule has 1 aromatic heterocycles. The summed E-state index contributed by atoms with van der Waals surface area (Å²) >= 11 is 1.10. The van der Waals surface area contributed by atoms with Crippen LogP contribution in [0.15, 0.2) is 0 Å². The Kier molecular flexibility index (Phi) is 3.10. The van der Waals surface area contributed by atoms with Gasteiger partial charge in [0.25, 0.3) is 0 Å². The van der Waals surface area contributed by atoms with Crippen LogP contribution in [0.4, 0.5) is 0 Å². The average Bonchev–Trinajstić information content (AvgIpc) is 2.53. The lowest BCUT2D eigenvalue weighted by Crippen LogP contribution is -1.97. The molecule has 74 valence electrons. The number of methoxy groups -OCH3 is 1. The second kappa shape index (κ2) is 4.11. The average molecular weight is 211 g/mol. The van der Waals surface area contributed by atoms with Crippen molar-refractivity contribution in [2.45, 2.75) is 13.3 Å². The molecule has 0 spiro atoms. The van der Waals surface area contributed by atoms with Gasteiger partial charge in [-0.1, -0.05) is 6.92 Å². The first kappa shape index (κ1) is 10.5. The molecule has 0 saturated heterocycles. The molecule has 5 heteroatoms. The summed E-state index contributed by atoms with van der Waals surface area (Å²) in [6, 6.07) is 1.87. The minimum absolute atomic E-state index is 0.0981. The van der Waals surface area contributed by atoms with Crippen molar-refractivity contribution in [1.29, 1.82) is 5.26 Å². The summed E-state index contributed by atoms with van der Waals surface area (Å²) < 4.78 is 4.48. The van der Waals surface area contributed by atoms with Crippen molar-refractivity contribution in [3.63, 3.8) is 0 Å². The highest BCUT2D eigenvalue weighted by Crippen LogP contribution is 2.34. The van der Waals surface area contributed by atoms with Crippen LogP contribution in [0.1, 0.15) is 27.0 Å². The summed E-state index contributed by atoms with van der Waals surface area (Å²) in [5.41, 5.74) is 0.179. The Labute approximate surface area is 85.4 Å². The predicted octanol–water partition coefficient (Wildman–Crippen LogP) is 1.67. The Morgan fingerprint density at radius 1 is 1.71 bits per heavy atom. The highest BCUT2D eigenvalue weighted by Gasteiger charge is 2.21. The largest absolute Gasteiger partial charge is 0.505 e. The lowest BCUT2D eigenvalue weighted by Gasteiger charge is -1.94. The number of nitriles is 1. The number of aryl methyl sites for hydroxylation is 1. The third-order valence-electron chi connectivity index (χ3n) is 1.76. The standard InChI is InChI=1S/C9H9NO3S/c1-3-6-5(4-10)7(11)8(14-6)9(12)13-2/h11H,3H2,1-2H3. The molecule has 0 bridgehead atoms. The van der Waals surface area contributed by atoms with Gasteiger partial charge >= 0.3 is 5.97 Å². The lowest BCUT2D eigenvalue weighted by atomic mass is 10.2.